The van der Waals surface area contributed by atoms with Crippen molar-refractivity contribution in [3.63, 3.8) is 0 Å². The third-order valence-electron chi connectivity index (χ3n) is 4.15. The monoisotopic (exact) mass is 448 g/mol. The van der Waals surface area contributed by atoms with Crippen molar-refractivity contribution in [3.8, 4) is 11.9 Å². The van der Waals surface area contributed by atoms with Gasteiger partial charge in [0.15, 0.2) is 0 Å². The van der Waals surface area contributed by atoms with E-state index in [-0.39, 0.29) is 29.6 Å². The quantitative estimate of drug-likeness (QED) is 0.727. The molecule has 0 spiro atoms. The second kappa shape index (κ2) is 8.25. The zero-order valence-electron chi connectivity index (χ0n) is 13.5. The van der Waals surface area contributed by atoms with Gasteiger partial charge in [-0.1, -0.05) is 6.07 Å². The fourth-order valence-corrected chi connectivity index (χ4v) is 3.41. The predicted molar refractivity (Wildman–Crippen MR) is 100 cm³/mol. The van der Waals surface area contributed by atoms with Gasteiger partial charge >= 0.3 is 0 Å². The van der Waals surface area contributed by atoms with E-state index in [9.17, 15) is 4.79 Å². The van der Waals surface area contributed by atoms with E-state index in [1.807, 2.05) is 30.3 Å². The summed E-state index contributed by atoms with van der Waals surface area (Å²) in [6, 6.07) is 9.67. The Hall–Kier alpha value is -2.21. The number of nitrogens with zero attached hydrogens (tertiary/aromatic N) is 3. The van der Waals surface area contributed by atoms with Crippen molar-refractivity contribution in [2.24, 2.45) is 0 Å². The van der Waals surface area contributed by atoms with Gasteiger partial charge in [-0.05, 0) is 66.5 Å². The van der Waals surface area contributed by atoms with Crippen molar-refractivity contribution in [2.45, 2.75) is 37.8 Å². The highest BCUT2D eigenvalue weighted by Gasteiger charge is 2.25. The van der Waals surface area contributed by atoms with Crippen LogP contribution in [0.15, 0.2) is 36.7 Å². The Kier molecular flexibility index (Phi) is 5.81. The molecule has 1 aliphatic rings. The van der Waals surface area contributed by atoms with Crippen LogP contribution in [-0.2, 0) is 0 Å². The average Bonchev–Trinajstić information content (AvgIpc) is 2.64. The Morgan fingerprint density at radius 2 is 2.00 bits per heavy atom. The minimum absolute atomic E-state index is 0.00498. The first-order valence-corrected chi connectivity index (χ1v) is 9.18. The molecular weight excluding hydrogens is 431 g/mol. The molecule has 0 bridgehead atoms. The van der Waals surface area contributed by atoms with Crippen LogP contribution < -0.4 is 10.1 Å². The molecule has 1 amide bonds. The number of benzene rings is 1. The summed E-state index contributed by atoms with van der Waals surface area (Å²) in [6.07, 6.45) is 6.27. The van der Waals surface area contributed by atoms with Crippen LogP contribution in [0.5, 0.6) is 5.88 Å². The lowest BCUT2D eigenvalue weighted by atomic mass is 9.92. The minimum Gasteiger partial charge on any atom is -0.472 e. The molecule has 0 unspecified atom stereocenters. The SMILES string of the molecule is N#Cc1nccnc1OC1CCC(NC(=O)c2cccc(I)c2)CC1. The molecule has 1 N–H and O–H groups in total. The van der Waals surface area contributed by atoms with Crippen molar-refractivity contribution < 1.29 is 9.53 Å². The molecular formula is C18H17IN4O2. The second-order valence-electron chi connectivity index (χ2n) is 5.90. The maximum Gasteiger partial charge on any atom is 0.251 e. The van der Waals surface area contributed by atoms with Crippen molar-refractivity contribution in [1.82, 2.24) is 15.3 Å². The van der Waals surface area contributed by atoms with Gasteiger partial charge in [-0.3, -0.25) is 4.79 Å². The number of hydrogen-bond donors (Lipinski definition) is 1. The maximum absolute atomic E-state index is 12.3. The molecule has 1 aromatic heterocycles. The maximum atomic E-state index is 12.3. The largest absolute Gasteiger partial charge is 0.472 e. The number of hydrogen-bond acceptors (Lipinski definition) is 5. The summed E-state index contributed by atoms with van der Waals surface area (Å²) in [6.45, 7) is 0. The van der Waals surface area contributed by atoms with Gasteiger partial charge in [0.2, 0.25) is 5.69 Å². The Morgan fingerprint density at radius 1 is 1.24 bits per heavy atom. The van der Waals surface area contributed by atoms with Gasteiger partial charge in [0, 0.05) is 27.6 Å². The van der Waals surface area contributed by atoms with Crippen LogP contribution >= 0.6 is 22.6 Å². The molecule has 6 nitrogen and oxygen atoms in total. The molecule has 128 valence electrons. The number of carbonyl (C=O) groups excluding carboxylic acids is 1. The first-order chi connectivity index (χ1) is 12.2. The molecule has 1 heterocycles. The minimum atomic E-state index is -0.0384. The lowest BCUT2D eigenvalue weighted by Gasteiger charge is -2.29. The zero-order chi connectivity index (χ0) is 17.6. The lowest BCUT2D eigenvalue weighted by molar-refractivity contribution is 0.0889. The Balaban J connectivity index is 1.52. The summed E-state index contributed by atoms with van der Waals surface area (Å²) in [7, 11) is 0. The standard InChI is InChI=1S/C18H17IN4O2/c19-13-3-1-2-12(10-13)17(24)23-14-4-6-15(7-5-14)25-18-16(11-20)21-8-9-22-18/h1-3,8-10,14-15H,4-7H2,(H,23,24). The van der Waals surface area contributed by atoms with Crippen LogP contribution in [0.1, 0.15) is 41.7 Å². The summed E-state index contributed by atoms with van der Waals surface area (Å²) < 4.78 is 6.86. The zero-order valence-corrected chi connectivity index (χ0v) is 15.6. The normalized spacial score (nSPS) is 19.7. The molecule has 25 heavy (non-hydrogen) atoms. The smallest absolute Gasteiger partial charge is 0.251 e. The van der Waals surface area contributed by atoms with Crippen LogP contribution in [0.4, 0.5) is 0 Å². The van der Waals surface area contributed by atoms with Crippen LogP contribution in [0, 0.1) is 14.9 Å². The van der Waals surface area contributed by atoms with Gasteiger partial charge in [-0.2, -0.15) is 5.26 Å². The van der Waals surface area contributed by atoms with Crippen molar-refractivity contribution in [1.29, 1.82) is 5.26 Å². The van der Waals surface area contributed by atoms with Crippen molar-refractivity contribution in [2.75, 3.05) is 0 Å². The van der Waals surface area contributed by atoms with Crippen molar-refractivity contribution >= 4 is 28.5 Å². The van der Waals surface area contributed by atoms with Gasteiger partial charge in [-0.15, -0.1) is 0 Å². The number of halogens is 1. The highest BCUT2D eigenvalue weighted by Crippen LogP contribution is 2.24. The molecule has 3 rings (SSSR count). The van der Waals surface area contributed by atoms with Gasteiger partial charge in [0.05, 0.1) is 0 Å². The highest BCUT2D eigenvalue weighted by atomic mass is 127. The summed E-state index contributed by atoms with van der Waals surface area (Å²) >= 11 is 2.20. The van der Waals surface area contributed by atoms with Gasteiger partial charge in [0.25, 0.3) is 11.8 Å². The molecule has 2 aromatic rings. The third kappa shape index (κ3) is 4.66. The molecule has 0 atom stereocenters. The molecule has 1 fully saturated rings. The van der Waals surface area contributed by atoms with Crippen molar-refractivity contribution in [3.05, 3.63) is 51.5 Å². The van der Waals surface area contributed by atoms with Gasteiger partial charge in [-0.25, -0.2) is 9.97 Å². The second-order valence-corrected chi connectivity index (χ2v) is 7.14. The Morgan fingerprint density at radius 3 is 2.72 bits per heavy atom. The first kappa shape index (κ1) is 17.6. The average molecular weight is 448 g/mol. The van der Waals surface area contributed by atoms with E-state index >= 15 is 0 Å². The van der Waals surface area contributed by atoms with Crippen LogP contribution in [0.2, 0.25) is 0 Å². The van der Waals surface area contributed by atoms with Crippen LogP contribution in [-0.4, -0.2) is 28.0 Å². The van der Waals surface area contributed by atoms with Crippen LogP contribution in [0.25, 0.3) is 0 Å². The summed E-state index contributed by atoms with van der Waals surface area (Å²) in [5.74, 6) is 0.250. The predicted octanol–water partition coefficient (Wildman–Crippen LogP) is 3.07. The Bertz CT molecular complexity index is 798. The fourth-order valence-electron chi connectivity index (χ4n) is 2.87. The lowest BCUT2D eigenvalue weighted by Crippen LogP contribution is -2.39. The van der Waals surface area contributed by atoms with Gasteiger partial charge < -0.3 is 10.1 Å². The van der Waals surface area contributed by atoms with E-state index < -0.39 is 0 Å². The number of nitriles is 1. The molecule has 0 aliphatic heterocycles. The summed E-state index contributed by atoms with van der Waals surface area (Å²) in [5.41, 5.74) is 0.889. The summed E-state index contributed by atoms with van der Waals surface area (Å²) in [5, 5.41) is 12.1. The topological polar surface area (TPSA) is 87.9 Å². The number of rotatable bonds is 4. The first-order valence-electron chi connectivity index (χ1n) is 8.10. The van der Waals surface area contributed by atoms with E-state index in [0.717, 1.165) is 29.3 Å². The third-order valence-corrected chi connectivity index (χ3v) is 4.82. The molecule has 1 aliphatic carbocycles. The molecule has 0 saturated heterocycles. The van der Waals surface area contributed by atoms with E-state index in [2.05, 4.69) is 37.9 Å². The van der Waals surface area contributed by atoms with E-state index in [0.29, 0.717) is 5.56 Å². The molecule has 7 heteroatoms. The molecule has 1 saturated carbocycles. The number of amides is 1. The highest BCUT2D eigenvalue weighted by molar-refractivity contribution is 14.1. The van der Waals surface area contributed by atoms with E-state index in [4.69, 9.17) is 10.00 Å². The number of carbonyl (C=O) groups is 1. The number of aromatic nitrogens is 2. The molecule has 1 aromatic carbocycles. The number of ether oxygens (including phenoxy) is 1. The van der Waals surface area contributed by atoms with E-state index in [1.165, 1.54) is 12.4 Å². The fraction of sp³-hybridized carbons (Fsp3) is 0.333. The Labute approximate surface area is 159 Å². The van der Waals surface area contributed by atoms with E-state index in [1.54, 1.807) is 0 Å². The molecule has 0 radical (unpaired) electrons. The van der Waals surface area contributed by atoms with Gasteiger partial charge in [0.1, 0.15) is 12.2 Å². The number of nitrogens with one attached hydrogen (secondary N) is 1. The van der Waals surface area contributed by atoms with Crippen LogP contribution in [0.3, 0.4) is 0 Å². The summed E-state index contributed by atoms with van der Waals surface area (Å²) in [4.78, 5) is 20.4.